The lowest BCUT2D eigenvalue weighted by atomic mass is 9.64. The van der Waals surface area contributed by atoms with Crippen LogP contribution in [0.15, 0.2) is 69.6 Å². The van der Waals surface area contributed by atoms with Crippen molar-refractivity contribution in [2.24, 2.45) is 16.0 Å². The van der Waals surface area contributed by atoms with Gasteiger partial charge < -0.3 is 54.8 Å². The first-order valence-electron chi connectivity index (χ1n) is 23.2. The summed E-state index contributed by atoms with van der Waals surface area (Å²) >= 11 is 2.25. The van der Waals surface area contributed by atoms with Crippen molar-refractivity contribution in [1.29, 1.82) is 0 Å². The highest BCUT2D eigenvalue weighted by Gasteiger charge is 2.39. The van der Waals surface area contributed by atoms with Crippen LogP contribution in [0, 0.1) is 0 Å². The van der Waals surface area contributed by atoms with E-state index in [0.29, 0.717) is 23.8 Å². The number of nitrogens with zero attached hydrogens (tertiary/aromatic N) is 6. The molecule has 0 radical (unpaired) electrons. The van der Waals surface area contributed by atoms with E-state index in [4.69, 9.17) is 34.2 Å². The van der Waals surface area contributed by atoms with E-state index >= 15 is 0 Å². The number of Topliss-reactive ketones (excluding diaryl/α,β-unsaturated/α-hetero) is 1. The number of aromatic carboxylic acids is 1. The lowest BCUT2D eigenvalue weighted by molar-refractivity contribution is -0.135. The van der Waals surface area contributed by atoms with Crippen molar-refractivity contribution in [3.63, 3.8) is 0 Å². The van der Waals surface area contributed by atoms with E-state index in [0.717, 1.165) is 26.7 Å². The van der Waals surface area contributed by atoms with E-state index in [1.54, 1.807) is 86.8 Å². The van der Waals surface area contributed by atoms with Gasteiger partial charge in [0.2, 0.25) is 5.71 Å². The molecule has 5 rings (SSSR count). The number of esters is 1. The van der Waals surface area contributed by atoms with Crippen LogP contribution in [0.25, 0.3) is 0 Å². The van der Waals surface area contributed by atoms with Gasteiger partial charge in [0.25, 0.3) is 0 Å². The van der Waals surface area contributed by atoms with Gasteiger partial charge in [-0.25, -0.2) is 38.8 Å². The van der Waals surface area contributed by atoms with Gasteiger partial charge in [-0.15, -0.1) is 22.7 Å². The Morgan fingerprint density at radius 3 is 2.03 bits per heavy atom. The molecule has 26 heteroatoms. The average Bonchev–Trinajstić information content (AvgIpc) is 3.98. The molecular formula is C48H63BN8O15S2. The molecule has 74 heavy (non-hydrogen) atoms. The summed E-state index contributed by atoms with van der Waals surface area (Å²) in [5, 5.41) is 42.6. The Hall–Kier alpha value is -7.16. The largest absolute Gasteiger partial charge is 0.535 e. The lowest BCUT2D eigenvalue weighted by Crippen LogP contribution is -2.48. The molecule has 0 aliphatic carbocycles. The Morgan fingerprint density at radius 2 is 1.45 bits per heavy atom. The number of carboxylic acids is 1. The number of benzene rings is 2. The lowest BCUT2D eigenvalue weighted by Gasteiger charge is -2.30. The Morgan fingerprint density at radius 1 is 0.838 bits per heavy atom. The molecule has 1 atom stereocenters. The first-order chi connectivity index (χ1) is 34.7. The molecule has 2 aromatic carbocycles. The third kappa shape index (κ3) is 18.4. The molecule has 4 aromatic rings. The summed E-state index contributed by atoms with van der Waals surface area (Å²) in [5.41, 5.74) is 3.96. The fraction of sp³-hybridized carbons (Fsp3) is 0.458. The van der Waals surface area contributed by atoms with Gasteiger partial charge in [-0.2, -0.15) is 0 Å². The van der Waals surface area contributed by atoms with Crippen molar-refractivity contribution < 1.29 is 72.5 Å². The highest BCUT2D eigenvalue weighted by atomic mass is 32.1. The number of para-hydroxylation sites is 1. The molecule has 0 unspecified atom stereocenters. The summed E-state index contributed by atoms with van der Waals surface area (Å²) in [6, 6.07) is 13.9. The van der Waals surface area contributed by atoms with Crippen molar-refractivity contribution >= 4 is 87.5 Å². The smallest absolute Gasteiger partial charge is 0.526 e. The third-order valence-corrected chi connectivity index (χ3v) is 11.1. The summed E-state index contributed by atoms with van der Waals surface area (Å²) in [6.45, 7) is 17.2. The number of nitrogens with two attached hydrogens (primary N) is 1. The predicted octanol–water partition coefficient (Wildman–Crippen LogP) is 7.38. The van der Waals surface area contributed by atoms with E-state index < -0.39 is 65.7 Å². The molecule has 1 aliphatic rings. The van der Waals surface area contributed by atoms with Crippen LogP contribution in [0.5, 0.6) is 5.75 Å². The fourth-order valence-electron chi connectivity index (χ4n) is 6.36. The average molecular weight is 1070 g/mol. The maximum Gasteiger partial charge on any atom is 0.526 e. The molecule has 0 fully saturated rings. The Kier molecular flexibility index (Phi) is 21.4. The van der Waals surface area contributed by atoms with Gasteiger partial charge >= 0.3 is 37.3 Å². The molecule has 0 bridgehead atoms. The number of carbonyl (C=O) groups excluding carboxylic acids is 5. The maximum absolute atomic E-state index is 13.4. The van der Waals surface area contributed by atoms with Crippen LogP contribution in [0.1, 0.15) is 109 Å². The van der Waals surface area contributed by atoms with E-state index in [9.17, 15) is 44.1 Å². The summed E-state index contributed by atoms with van der Waals surface area (Å²) < 4.78 is 27.0. The number of carbonyl (C=O) groups is 6. The summed E-state index contributed by atoms with van der Waals surface area (Å²) in [5.74, 6) is -2.99. The number of ketones is 1. The maximum atomic E-state index is 13.4. The Labute approximate surface area is 436 Å². The van der Waals surface area contributed by atoms with Crippen LogP contribution in [0.2, 0.25) is 5.82 Å². The van der Waals surface area contributed by atoms with Crippen molar-refractivity contribution in [1.82, 2.24) is 14.9 Å². The highest BCUT2D eigenvalue weighted by Crippen LogP contribution is 2.37. The molecular weight excluding hydrogens is 1000 g/mol. The number of aromatic nitrogens is 2. The van der Waals surface area contributed by atoms with Gasteiger partial charge in [-0.05, 0) is 92.9 Å². The molecule has 2 aromatic heterocycles. The van der Waals surface area contributed by atoms with Crippen LogP contribution in [0.3, 0.4) is 0 Å². The molecule has 0 spiro atoms. The van der Waals surface area contributed by atoms with Gasteiger partial charge in [0.05, 0.1) is 18.7 Å². The molecule has 3 amide bonds. The number of hydrogen-bond donors (Lipinski definition) is 5. The predicted molar refractivity (Wildman–Crippen MR) is 276 cm³/mol. The number of amides is 3. The Balaban J connectivity index is 0.000000350. The zero-order chi connectivity index (χ0) is 55.0. The molecule has 400 valence electrons. The van der Waals surface area contributed by atoms with E-state index in [1.165, 1.54) is 22.8 Å². The second-order valence-corrected chi connectivity index (χ2v) is 20.8. The van der Waals surface area contributed by atoms with E-state index in [1.807, 2.05) is 30.3 Å². The number of imide groups is 1. The standard InChI is InChI=1S/C31H44N4O9S.C17H19BN4O6S/c1-11-40-24(36)23(33-41-19-21-15-13-12-14-16-21)22-20-45-25(32-22)34(26(37)42-29(2,3)4)17-18-35(27(38)43-30(5,6)7)28(39)44-31(8,9)10;19-4-5-20-17-21-12(8-29-17)14(22-27)13(23)7-10-6-9-2-1-3-11(16(24)25)15(9)28-18(10)26/h12-16,20H,11,17-19H2,1-10H3;1-3,8,10,26-27H,4-7,19H2,(H,20,21)(H,24,25)/b33-23-;22-14-/t;10-/m.1/s1. The number of fused-ring (bicyclic) bond motifs is 1. The monoisotopic (exact) mass is 1070 g/mol. The van der Waals surface area contributed by atoms with Crippen LogP contribution in [0.4, 0.5) is 24.6 Å². The number of carboxylic acid groups (broad SMARTS) is 1. The van der Waals surface area contributed by atoms with Gasteiger partial charge in [0, 0.05) is 42.6 Å². The highest BCUT2D eigenvalue weighted by molar-refractivity contribution is 7.14. The first kappa shape index (κ1) is 59.4. The summed E-state index contributed by atoms with van der Waals surface area (Å²) in [6.07, 6.45) is -2.63. The van der Waals surface area contributed by atoms with Crippen molar-refractivity contribution in [3.8, 4) is 5.75 Å². The van der Waals surface area contributed by atoms with Gasteiger partial charge in [-0.3, -0.25) is 9.69 Å². The third-order valence-electron chi connectivity index (χ3n) is 9.48. The van der Waals surface area contributed by atoms with Crippen LogP contribution < -0.4 is 20.6 Å². The number of ether oxygens (including phenoxy) is 4. The Bertz CT molecular complexity index is 2610. The summed E-state index contributed by atoms with van der Waals surface area (Å²) in [7, 11) is -1.37. The normalized spacial score (nSPS) is 13.7. The number of hydrogen-bond acceptors (Lipinski definition) is 22. The molecule has 0 saturated heterocycles. The number of rotatable bonds is 18. The second-order valence-electron chi connectivity index (χ2n) is 19.1. The number of oxime groups is 2. The molecule has 6 N–H and O–H groups in total. The second kappa shape index (κ2) is 26.7. The first-order valence-corrected chi connectivity index (χ1v) is 25.0. The molecule has 0 saturated carbocycles. The van der Waals surface area contributed by atoms with E-state index in [2.05, 4.69) is 25.6 Å². The number of anilines is 2. The van der Waals surface area contributed by atoms with Crippen LogP contribution >= 0.6 is 22.7 Å². The topological polar surface area (TPSA) is 314 Å². The molecule has 3 heterocycles. The van der Waals surface area contributed by atoms with Gasteiger partial charge in [-0.1, -0.05) is 52.8 Å². The molecule has 1 aliphatic heterocycles. The summed E-state index contributed by atoms with van der Waals surface area (Å²) in [4.78, 5) is 92.3. The van der Waals surface area contributed by atoms with Crippen molar-refractivity contribution in [2.75, 3.05) is 43.0 Å². The van der Waals surface area contributed by atoms with Crippen molar-refractivity contribution in [3.05, 3.63) is 87.4 Å². The minimum Gasteiger partial charge on any atom is -0.535 e. The zero-order valence-electron chi connectivity index (χ0n) is 42.9. The number of nitrogens with one attached hydrogen (secondary N) is 1. The minimum atomic E-state index is -1.37. The quantitative estimate of drug-likeness (QED) is 0.0162. The fourth-order valence-corrected chi connectivity index (χ4v) is 7.91. The van der Waals surface area contributed by atoms with Crippen molar-refractivity contribution in [2.45, 2.75) is 111 Å². The van der Waals surface area contributed by atoms with Gasteiger partial charge in [0.1, 0.15) is 40.5 Å². The van der Waals surface area contributed by atoms with E-state index in [-0.39, 0.29) is 78.4 Å². The molecule has 23 nitrogen and oxygen atoms in total. The SMILES string of the molecule is CCOC(=O)/C(=N\OCc1ccccc1)c1csc(N(CCN(C(=O)OC(C)(C)C)C(=O)OC(C)(C)C)C(=O)OC(C)(C)C)n1.NCCNc1nc(/C(=N/O)C(=O)C[C@H]2Cc3cccc(C(=O)O)c3OB2O)cs1. The van der Waals surface area contributed by atoms with Crippen LogP contribution in [-0.2, 0) is 46.4 Å². The number of thiazole rings is 2. The van der Waals surface area contributed by atoms with Gasteiger partial charge in [0.15, 0.2) is 21.8 Å². The zero-order valence-corrected chi connectivity index (χ0v) is 44.5. The minimum absolute atomic E-state index is 0.0519. The van der Waals surface area contributed by atoms with Crippen LogP contribution in [-0.4, -0.2) is 134 Å².